The number of aromatic nitrogens is 1. The van der Waals surface area contributed by atoms with E-state index in [0.29, 0.717) is 6.29 Å². The third kappa shape index (κ3) is 1.29. The summed E-state index contributed by atoms with van der Waals surface area (Å²) in [4.78, 5) is 20.7. The molecule has 0 aliphatic rings. The largest absolute Gasteiger partial charge is 0.478 e. The Labute approximate surface area is 63.1 Å². The summed E-state index contributed by atoms with van der Waals surface area (Å²) in [5.74, 6) is -1.08. The average Bonchev–Trinajstić information content (AvgIpc) is 2.30. The molecule has 4 nitrogen and oxygen atoms in total. The minimum Gasteiger partial charge on any atom is -0.478 e. The van der Waals surface area contributed by atoms with Gasteiger partial charge >= 0.3 is 5.97 Å². The number of carboxylic acids is 1. The van der Waals surface area contributed by atoms with E-state index in [0.717, 1.165) is 0 Å². The Morgan fingerprint density at radius 2 is 2.27 bits per heavy atom. The molecule has 0 saturated heterocycles. The number of hydrogen-bond donors (Lipinski definition) is 1. The monoisotopic (exact) mass is 153 g/mol. The van der Waals surface area contributed by atoms with Crippen LogP contribution in [0.25, 0.3) is 0 Å². The standard InChI is InChI=1S/C7H7NO3/c1-8-2-5(4-9)6(3-8)7(10)11/h2-4H,1H3,(H,10,11). The highest BCUT2D eigenvalue weighted by Crippen LogP contribution is 2.06. The number of carboxylic acid groups (broad SMARTS) is 1. The second-order valence-electron chi connectivity index (χ2n) is 2.22. The fraction of sp³-hybridized carbons (Fsp3) is 0.143. The second-order valence-corrected chi connectivity index (χ2v) is 2.22. The first-order valence-electron chi connectivity index (χ1n) is 2.99. The van der Waals surface area contributed by atoms with Gasteiger partial charge in [-0.2, -0.15) is 0 Å². The van der Waals surface area contributed by atoms with Crippen molar-refractivity contribution >= 4 is 12.3 Å². The third-order valence-corrected chi connectivity index (χ3v) is 1.34. The molecule has 1 aromatic heterocycles. The lowest BCUT2D eigenvalue weighted by Gasteiger charge is -1.85. The Hall–Kier alpha value is -1.58. The van der Waals surface area contributed by atoms with Crippen LogP contribution in [-0.2, 0) is 7.05 Å². The highest BCUT2D eigenvalue weighted by molar-refractivity contribution is 5.96. The second kappa shape index (κ2) is 2.57. The summed E-state index contributed by atoms with van der Waals surface area (Å²) in [5.41, 5.74) is 0.252. The van der Waals surface area contributed by atoms with Crippen molar-refractivity contribution in [1.82, 2.24) is 4.57 Å². The Balaban J connectivity index is 3.22. The number of nitrogens with zero attached hydrogens (tertiary/aromatic N) is 1. The SMILES string of the molecule is Cn1cc(C=O)c(C(=O)O)c1. The van der Waals surface area contributed by atoms with Crippen molar-refractivity contribution in [3.63, 3.8) is 0 Å². The molecule has 0 bridgehead atoms. The molecule has 4 heteroatoms. The predicted octanol–water partition coefficient (Wildman–Crippen LogP) is 0.536. The number of carbonyl (C=O) groups is 2. The molecule has 0 spiro atoms. The van der Waals surface area contributed by atoms with Crippen LogP contribution in [0.4, 0.5) is 0 Å². The molecule has 1 aromatic rings. The molecule has 0 aromatic carbocycles. The van der Waals surface area contributed by atoms with Crippen LogP contribution in [0.1, 0.15) is 20.7 Å². The van der Waals surface area contributed by atoms with Gasteiger partial charge in [0.15, 0.2) is 6.29 Å². The van der Waals surface area contributed by atoms with Crippen LogP contribution in [0.3, 0.4) is 0 Å². The Morgan fingerprint density at radius 3 is 2.64 bits per heavy atom. The Morgan fingerprint density at radius 1 is 1.64 bits per heavy atom. The molecule has 0 radical (unpaired) electrons. The zero-order valence-electron chi connectivity index (χ0n) is 5.94. The van der Waals surface area contributed by atoms with E-state index in [2.05, 4.69) is 0 Å². The van der Waals surface area contributed by atoms with E-state index < -0.39 is 5.97 Å². The minimum atomic E-state index is -1.08. The van der Waals surface area contributed by atoms with Crippen LogP contribution in [0.5, 0.6) is 0 Å². The van der Waals surface area contributed by atoms with Gasteiger partial charge in [0.05, 0.1) is 5.56 Å². The van der Waals surface area contributed by atoms with Crippen LogP contribution in [0, 0.1) is 0 Å². The van der Waals surface area contributed by atoms with Crippen LogP contribution in [0.15, 0.2) is 12.4 Å². The molecule has 1 heterocycles. The summed E-state index contributed by atoms with van der Waals surface area (Å²) in [5, 5.41) is 8.54. The van der Waals surface area contributed by atoms with Crippen molar-refractivity contribution in [2.45, 2.75) is 0 Å². The molecule has 0 saturated carbocycles. The van der Waals surface area contributed by atoms with Crippen LogP contribution >= 0.6 is 0 Å². The van der Waals surface area contributed by atoms with Gasteiger partial charge in [-0.15, -0.1) is 0 Å². The van der Waals surface area contributed by atoms with Crippen molar-refractivity contribution in [2.24, 2.45) is 7.05 Å². The third-order valence-electron chi connectivity index (χ3n) is 1.34. The fourth-order valence-corrected chi connectivity index (χ4v) is 0.877. The Bertz CT molecular complexity index is 301. The zero-order valence-corrected chi connectivity index (χ0v) is 5.94. The van der Waals surface area contributed by atoms with Gasteiger partial charge in [0.2, 0.25) is 0 Å². The van der Waals surface area contributed by atoms with Crippen molar-refractivity contribution in [1.29, 1.82) is 0 Å². The maximum atomic E-state index is 10.4. The number of hydrogen-bond acceptors (Lipinski definition) is 2. The number of carbonyl (C=O) groups excluding carboxylic acids is 1. The number of aldehydes is 1. The summed E-state index contributed by atoms with van der Waals surface area (Å²) >= 11 is 0. The number of aryl methyl sites for hydroxylation is 1. The molecule has 0 amide bonds. The molecular weight excluding hydrogens is 146 g/mol. The molecule has 0 aliphatic heterocycles. The number of aromatic carboxylic acids is 1. The zero-order chi connectivity index (χ0) is 8.43. The minimum absolute atomic E-state index is 0.0440. The van der Waals surface area contributed by atoms with E-state index in [1.165, 1.54) is 17.0 Å². The van der Waals surface area contributed by atoms with E-state index in [1.807, 2.05) is 0 Å². The summed E-state index contributed by atoms with van der Waals surface area (Å²) in [6.45, 7) is 0. The highest BCUT2D eigenvalue weighted by Gasteiger charge is 2.10. The first kappa shape index (κ1) is 7.53. The van der Waals surface area contributed by atoms with E-state index in [9.17, 15) is 9.59 Å². The normalized spacial score (nSPS) is 9.55. The van der Waals surface area contributed by atoms with Crippen molar-refractivity contribution in [3.8, 4) is 0 Å². The lowest BCUT2D eigenvalue weighted by atomic mass is 10.2. The molecule has 0 atom stereocenters. The van der Waals surface area contributed by atoms with Gasteiger partial charge in [0.25, 0.3) is 0 Å². The van der Waals surface area contributed by atoms with Gasteiger partial charge in [-0.05, 0) is 0 Å². The van der Waals surface area contributed by atoms with Gasteiger partial charge in [0, 0.05) is 25.0 Å². The quantitative estimate of drug-likeness (QED) is 0.630. The Kier molecular flexibility index (Phi) is 1.76. The summed E-state index contributed by atoms with van der Waals surface area (Å²) in [6.07, 6.45) is 3.39. The summed E-state index contributed by atoms with van der Waals surface area (Å²) < 4.78 is 1.53. The van der Waals surface area contributed by atoms with Crippen LogP contribution < -0.4 is 0 Å². The molecular formula is C7H7NO3. The predicted molar refractivity (Wildman–Crippen MR) is 37.8 cm³/mol. The molecule has 58 valence electrons. The van der Waals surface area contributed by atoms with Crippen LogP contribution in [-0.4, -0.2) is 21.9 Å². The molecule has 11 heavy (non-hydrogen) atoms. The molecule has 1 rings (SSSR count). The molecule has 0 fully saturated rings. The van der Waals surface area contributed by atoms with Gasteiger partial charge < -0.3 is 9.67 Å². The van der Waals surface area contributed by atoms with Crippen molar-refractivity contribution in [2.75, 3.05) is 0 Å². The summed E-state index contributed by atoms with van der Waals surface area (Å²) in [7, 11) is 1.67. The topological polar surface area (TPSA) is 59.3 Å². The fourth-order valence-electron chi connectivity index (χ4n) is 0.877. The van der Waals surface area contributed by atoms with E-state index in [4.69, 9.17) is 5.11 Å². The maximum absolute atomic E-state index is 10.4. The smallest absolute Gasteiger partial charge is 0.337 e. The molecule has 0 unspecified atom stereocenters. The van der Waals surface area contributed by atoms with E-state index >= 15 is 0 Å². The van der Waals surface area contributed by atoms with Crippen molar-refractivity contribution < 1.29 is 14.7 Å². The van der Waals surface area contributed by atoms with Crippen molar-refractivity contribution in [3.05, 3.63) is 23.5 Å². The van der Waals surface area contributed by atoms with E-state index in [1.54, 1.807) is 7.05 Å². The van der Waals surface area contributed by atoms with Crippen LogP contribution in [0.2, 0.25) is 0 Å². The molecule has 0 aliphatic carbocycles. The van der Waals surface area contributed by atoms with Gasteiger partial charge in [-0.3, -0.25) is 4.79 Å². The van der Waals surface area contributed by atoms with E-state index in [-0.39, 0.29) is 11.1 Å². The highest BCUT2D eigenvalue weighted by atomic mass is 16.4. The van der Waals surface area contributed by atoms with Gasteiger partial charge in [-0.1, -0.05) is 0 Å². The first-order valence-corrected chi connectivity index (χ1v) is 2.99. The molecule has 1 N–H and O–H groups in total. The first-order chi connectivity index (χ1) is 5.15. The van der Waals surface area contributed by atoms with Gasteiger partial charge in [-0.25, -0.2) is 4.79 Å². The average molecular weight is 153 g/mol. The number of rotatable bonds is 2. The summed E-state index contributed by atoms with van der Waals surface area (Å²) in [6, 6.07) is 0. The lowest BCUT2D eigenvalue weighted by Crippen LogP contribution is -1.97. The maximum Gasteiger partial charge on any atom is 0.337 e. The lowest BCUT2D eigenvalue weighted by molar-refractivity contribution is 0.0694. The van der Waals surface area contributed by atoms with Gasteiger partial charge in [0.1, 0.15) is 0 Å².